The summed E-state index contributed by atoms with van der Waals surface area (Å²) in [5, 5.41) is 13.3. The van der Waals surface area contributed by atoms with Crippen LogP contribution in [0.1, 0.15) is 74.2 Å². The zero-order chi connectivity index (χ0) is 22.6. The molecule has 3 rings (SSSR count). The quantitative estimate of drug-likeness (QED) is 0.392. The van der Waals surface area contributed by atoms with Gasteiger partial charge < -0.3 is 14.8 Å². The normalized spacial score (nSPS) is 13.2. The van der Waals surface area contributed by atoms with Crippen LogP contribution in [0, 0.1) is 6.92 Å². The number of furan rings is 1. The van der Waals surface area contributed by atoms with Crippen molar-refractivity contribution in [3.63, 3.8) is 0 Å². The Bertz CT molecular complexity index is 1020. The highest BCUT2D eigenvalue weighted by Crippen LogP contribution is 2.31. The molecule has 2 atom stereocenters. The Morgan fingerprint density at radius 3 is 2.44 bits per heavy atom. The Kier molecular flexibility index (Phi) is 8.76. The number of carbonyl (C=O) groups is 1. The van der Waals surface area contributed by atoms with Gasteiger partial charge in [-0.1, -0.05) is 70.7 Å². The van der Waals surface area contributed by atoms with Crippen LogP contribution < -0.4 is 5.32 Å². The molecule has 1 amide bonds. The molecule has 5 heteroatoms. The van der Waals surface area contributed by atoms with E-state index in [0.29, 0.717) is 5.75 Å². The number of aliphatic hydroxyl groups is 1. The van der Waals surface area contributed by atoms with Crippen LogP contribution in [0.4, 0.5) is 0 Å². The van der Waals surface area contributed by atoms with E-state index in [2.05, 4.69) is 51.2 Å². The van der Waals surface area contributed by atoms with Gasteiger partial charge >= 0.3 is 0 Å². The Morgan fingerprint density at radius 1 is 1.09 bits per heavy atom. The van der Waals surface area contributed by atoms with E-state index in [0.717, 1.165) is 11.3 Å². The lowest BCUT2D eigenvalue weighted by molar-refractivity contribution is 0.0824. The number of thioether (sulfide) groups is 1. The van der Waals surface area contributed by atoms with Crippen molar-refractivity contribution in [2.75, 3.05) is 0 Å². The second kappa shape index (κ2) is 10.9. The molecular formula is C27H35NO3S. The molecule has 0 saturated carbocycles. The third-order valence-electron chi connectivity index (χ3n) is 5.28. The van der Waals surface area contributed by atoms with E-state index in [-0.39, 0.29) is 24.5 Å². The summed E-state index contributed by atoms with van der Waals surface area (Å²) in [7, 11) is 0. The minimum atomic E-state index is -0.784. The fraction of sp³-hybridized carbons (Fsp3) is 0.370. The van der Waals surface area contributed by atoms with Gasteiger partial charge in [0, 0.05) is 4.90 Å². The summed E-state index contributed by atoms with van der Waals surface area (Å²) in [5.41, 5.74) is 3.39. The van der Waals surface area contributed by atoms with Gasteiger partial charge in [-0.25, -0.2) is 0 Å². The lowest BCUT2D eigenvalue weighted by Gasteiger charge is -2.20. The summed E-state index contributed by atoms with van der Waals surface area (Å²) in [5.74, 6) is 1.31. The summed E-state index contributed by atoms with van der Waals surface area (Å²) >= 11 is 1.71. The average Bonchev–Trinajstić information content (AvgIpc) is 3.21. The predicted octanol–water partition coefficient (Wildman–Crippen LogP) is 6.67. The number of benzene rings is 2. The molecule has 3 aromatic rings. The maximum Gasteiger partial charge on any atom is 0.287 e. The summed E-state index contributed by atoms with van der Waals surface area (Å²) in [6, 6.07) is 19.0. The third kappa shape index (κ3) is 6.50. The highest BCUT2D eigenvalue weighted by Gasteiger charge is 2.21. The van der Waals surface area contributed by atoms with Crippen molar-refractivity contribution in [2.45, 2.75) is 70.3 Å². The zero-order valence-electron chi connectivity index (χ0n) is 18.8. The van der Waals surface area contributed by atoms with Crippen LogP contribution in [0.25, 0.3) is 0 Å². The first-order chi connectivity index (χ1) is 14.6. The van der Waals surface area contributed by atoms with Crippen LogP contribution in [0.5, 0.6) is 0 Å². The van der Waals surface area contributed by atoms with Crippen LogP contribution in [0.15, 0.2) is 70.0 Å². The number of amides is 1. The monoisotopic (exact) mass is 453 g/mol. The van der Waals surface area contributed by atoms with Crippen molar-refractivity contribution in [3.05, 3.63) is 88.9 Å². The van der Waals surface area contributed by atoms with E-state index in [1.54, 1.807) is 24.8 Å². The summed E-state index contributed by atoms with van der Waals surface area (Å²) in [6.07, 6.45) is -0.784. The van der Waals surface area contributed by atoms with Gasteiger partial charge in [0.1, 0.15) is 5.76 Å². The zero-order valence-corrected chi connectivity index (χ0v) is 19.6. The van der Waals surface area contributed by atoms with E-state index >= 15 is 0 Å². The number of aryl methyl sites for hydroxylation is 1. The van der Waals surface area contributed by atoms with E-state index < -0.39 is 12.1 Å². The first-order valence-electron chi connectivity index (χ1n) is 10.5. The molecule has 172 valence electrons. The van der Waals surface area contributed by atoms with Crippen LogP contribution in [0.2, 0.25) is 0 Å². The summed E-state index contributed by atoms with van der Waals surface area (Å²) < 4.78 is 5.78. The molecule has 1 aromatic heterocycles. The fourth-order valence-corrected chi connectivity index (χ4v) is 4.20. The molecule has 32 heavy (non-hydrogen) atoms. The highest BCUT2D eigenvalue weighted by atomic mass is 32.2. The van der Waals surface area contributed by atoms with Gasteiger partial charge in [-0.05, 0) is 54.2 Å². The Labute approximate surface area is 196 Å². The van der Waals surface area contributed by atoms with Gasteiger partial charge in [-0.15, -0.1) is 11.8 Å². The van der Waals surface area contributed by atoms with Crippen LogP contribution in [-0.2, 0) is 11.2 Å². The minimum Gasteiger partial charge on any atom is -0.455 e. The average molecular weight is 454 g/mol. The lowest BCUT2D eigenvalue weighted by atomic mass is 9.87. The third-order valence-corrected chi connectivity index (χ3v) is 6.46. The molecule has 2 N–H and O–H groups in total. The lowest BCUT2D eigenvalue weighted by Crippen LogP contribution is -2.36. The molecule has 4 nitrogen and oxygen atoms in total. The van der Waals surface area contributed by atoms with Gasteiger partial charge in [-0.3, -0.25) is 4.79 Å². The summed E-state index contributed by atoms with van der Waals surface area (Å²) in [6.45, 7) is 10.5. The topological polar surface area (TPSA) is 62.5 Å². The van der Waals surface area contributed by atoms with Gasteiger partial charge in [0.05, 0.1) is 17.9 Å². The van der Waals surface area contributed by atoms with Crippen LogP contribution >= 0.6 is 11.8 Å². The molecule has 0 aliphatic rings. The molecule has 2 aromatic carbocycles. The molecular weight excluding hydrogens is 418 g/mol. The second-order valence-corrected chi connectivity index (χ2v) is 9.92. The Hall–Kier alpha value is -2.50. The molecule has 0 saturated heterocycles. The van der Waals surface area contributed by atoms with Gasteiger partial charge in [0.15, 0.2) is 5.76 Å². The van der Waals surface area contributed by atoms with Gasteiger partial charge in [-0.2, -0.15) is 0 Å². The van der Waals surface area contributed by atoms with Crippen molar-refractivity contribution in [1.82, 2.24) is 5.32 Å². The SMILES string of the molecule is C.Cc1ccc(C(C)(C)C)cc1SCc1ccc(C(=O)N[C@H](C)[C@@H](O)c2ccccc2)o1. The Morgan fingerprint density at radius 2 is 1.78 bits per heavy atom. The number of hydrogen-bond donors (Lipinski definition) is 2. The van der Waals surface area contributed by atoms with E-state index in [1.807, 2.05) is 36.4 Å². The van der Waals surface area contributed by atoms with Crippen molar-refractivity contribution in [3.8, 4) is 0 Å². The number of hydrogen-bond acceptors (Lipinski definition) is 4. The molecule has 0 radical (unpaired) electrons. The smallest absolute Gasteiger partial charge is 0.287 e. The second-order valence-electron chi connectivity index (χ2n) is 8.90. The van der Waals surface area contributed by atoms with E-state index in [4.69, 9.17) is 4.42 Å². The molecule has 0 aliphatic carbocycles. The molecule has 1 heterocycles. The van der Waals surface area contributed by atoms with Crippen molar-refractivity contribution >= 4 is 17.7 Å². The highest BCUT2D eigenvalue weighted by molar-refractivity contribution is 7.98. The van der Waals surface area contributed by atoms with Crippen molar-refractivity contribution in [2.24, 2.45) is 0 Å². The van der Waals surface area contributed by atoms with Crippen LogP contribution in [-0.4, -0.2) is 17.1 Å². The van der Waals surface area contributed by atoms with Crippen LogP contribution in [0.3, 0.4) is 0 Å². The van der Waals surface area contributed by atoms with E-state index in [9.17, 15) is 9.90 Å². The molecule has 0 bridgehead atoms. The summed E-state index contributed by atoms with van der Waals surface area (Å²) in [4.78, 5) is 13.8. The molecule has 0 unspecified atom stereocenters. The van der Waals surface area contributed by atoms with Gasteiger partial charge in [0.2, 0.25) is 0 Å². The molecule has 0 aliphatic heterocycles. The fourth-order valence-electron chi connectivity index (χ4n) is 3.24. The standard InChI is InChI=1S/C26H31NO3S.CH4/c1-17-11-12-20(26(3,4)5)15-23(17)31-16-21-13-14-22(30-21)25(29)27-18(2)24(28)19-9-7-6-8-10-19;/h6-15,18,24,28H,16H2,1-5H3,(H,27,29);1H4/t18-,24-;/m1./s1. The number of aliphatic hydroxyl groups excluding tert-OH is 1. The number of carbonyl (C=O) groups excluding carboxylic acids is 1. The first-order valence-corrected chi connectivity index (χ1v) is 11.5. The Balaban J connectivity index is 0.00000363. The predicted molar refractivity (Wildman–Crippen MR) is 133 cm³/mol. The van der Waals surface area contributed by atoms with E-state index in [1.165, 1.54) is 16.0 Å². The maximum atomic E-state index is 12.6. The largest absolute Gasteiger partial charge is 0.455 e. The van der Waals surface area contributed by atoms with Crippen molar-refractivity contribution < 1.29 is 14.3 Å². The number of nitrogens with one attached hydrogen (secondary N) is 1. The van der Waals surface area contributed by atoms with Crippen molar-refractivity contribution in [1.29, 1.82) is 0 Å². The minimum absolute atomic E-state index is 0. The molecule has 0 spiro atoms. The van der Waals surface area contributed by atoms with Gasteiger partial charge in [0.25, 0.3) is 5.91 Å². The molecule has 0 fully saturated rings. The first kappa shape index (κ1) is 25.8. The number of rotatable bonds is 7. The maximum absolute atomic E-state index is 12.6.